The highest BCUT2D eigenvalue weighted by molar-refractivity contribution is 6.33. The first-order chi connectivity index (χ1) is 54.9. The predicted molar refractivity (Wildman–Crippen MR) is 414 cm³/mol. The van der Waals surface area contributed by atoms with Gasteiger partial charge in [-0.15, -0.1) is 0 Å². The van der Waals surface area contributed by atoms with Gasteiger partial charge in [0.2, 0.25) is 59.3 Å². The Bertz CT molecular complexity index is 4860. The quantitative estimate of drug-likeness (QED) is 0.0424. The summed E-state index contributed by atoms with van der Waals surface area (Å²) in [6, 6.07) is 7.80. The van der Waals surface area contributed by atoms with Crippen molar-refractivity contribution in [2.24, 2.45) is 5.92 Å². The molecule has 115 heavy (non-hydrogen) atoms. The summed E-state index contributed by atoms with van der Waals surface area (Å²) in [5.41, 5.74) is -1.83. The van der Waals surface area contributed by atoms with Crippen LogP contribution in [0.5, 0.6) is 69.0 Å². The highest BCUT2D eigenvalue weighted by atomic mass is 35.5. The van der Waals surface area contributed by atoms with Crippen LogP contribution in [0.3, 0.4) is 0 Å². The largest absolute Gasteiger partial charge is 0.508 e. The number of phenolic OH excluding ortho intramolecular Hbond substituents is 5. The van der Waals surface area contributed by atoms with Crippen LogP contribution in [0.1, 0.15) is 140 Å². The zero-order valence-corrected chi connectivity index (χ0v) is 64.6. The zero-order chi connectivity index (χ0) is 82.4. The molecule has 7 aliphatic rings. The van der Waals surface area contributed by atoms with Crippen LogP contribution in [0, 0.1) is 5.92 Å². The van der Waals surface area contributed by atoms with Gasteiger partial charge in [-0.25, -0.2) is 0 Å². The lowest BCUT2D eigenvalue weighted by Crippen LogP contribution is -2.65. The average molecular weight is 1630 g/mol. The van der Waals surface area contributed by atoms with Gasteiger partial charge in [-0.2, -0.15) is 0 Å². The maximum Gasteiger partial charge on any atom is 0.248 e. The van der Waals surface area contributed by atoms with Crippen molar-refractivity contribution in [3.63, 3.8) is 0 Å². The van der Waals surface area contributed by atoms with Crippen molar-refractivity contribution in [3.05, 3.63) is 164 Å². The van der Waals surface area contributed by atoms with Crippen LogP contribution >= 0.6 is 23.2 Å². The molecular formula is C81H90Cl2N10O22. The molecule has 0 aliphatic carbocycles. The third kappa shape index (κ3) is 18.9. The fourth-order valence-corrected chi connectivity index (χ4v) is 14.8. The topological polar surface area (TPSA) is 476 Å². The minimum atomic E-state index is -2.32. The van der Waals surface area contributed by atoms with E-state index in [0.717, 1.165) is 86.3 Å². The smallest absolute Gasteiger partial charge is 0.248 e. The second-order valence-electron chi connectivity index (χ2n) is 29.5. The summed E-state index contributed by atoms with van der Waals surface area (Å²) in [5, 5.41) is 128. The normalized spacial score (nSPS) is 23.4. The molecule has 7 aromatic rings. The van der Waals surface area contributed by atoms with E-state index in [0.29, 0.717) is 37.3 Å². The lowest BCUT2D eigenvalue weighted by Gasteiger charge is -2.42. The number of phenols is 5. The van der Waals surface area contributed by atoms with Gasteiger partial charge in [0.15, 0.2) is 23.0 Å². The number of amides is 8. The molecular weight excluding hydrogens is 1540 g/mol. The molecule has 1 saturated heterocycles. The van der Waals surface area contributed by atoms with Crippen molar-refractivity contribution in [2.45, 2.75) is 151 Å². The maximum atomic E-state index is 16.5. The van der Waals surface area contributed by atoms with Crippen LogP contribution in [0.15, 0.2) is 115 Å². The lowest BCUT2D eigenvalue weighted by atomic mass is 9.89. The number of carbonyl (C=O) groups is 8. The number of aliphatic hydroxyl groups is 4. The molecule has 610 valence electrons. The van der Waals surface area contributed by atoms with E-state index in [1.54, 1.807) is 14.1 Å². The third-order valence-electron chi connectivity index (χ3n) is 20.4. The molecule has 0 unspecified atom stereocenters. The predicted octanol–water partition coefficient (Wildman–Crippen LogP) is 6.21. The molecule has 18 N–H and O–H groups in total. The lowest BCUT2D eigenvalue weighted by molar-refractivity contribution is -0.244. The molecule has 0 saturated carbocycles. The Morgan fingerprint density at radius 2 is 1.24 bits per heavy atom. The van der Waals surface area contributed by atoms with Gasteiger partial charge in [0.1, 0.15) is 113 Å². The summed E-state index contributed by atoms with van der Waals surface area (Å²) in [4.78, 5) is 125. The van der Waals surface area contributed by atoms with Gasteiger partial charge in [-0.3, -0.25) is 38.4 Å². The summed E-state index contributed by atoms with van der Waals surface area (Å²) in [6.07, 6.45) is -4.57. The molecule has 32 nitrogen and oxygen atoms in total. The van der Waals surface area contributed by atoms with Crippen molar-refractivity contribution in [1.29, 1.82) is 0 Å². The summed E-state index contributed by atoms with van der Waals surface area (Å²) in [6.45, 7) is 3.86. The number of nitrogens with one attached hydrogen (secondary N) is 9. The first-order valence-electron chi connectivity index (χ1n) is 37.5. The van der Waals surface area contributed by atoms with E-state index < -0.39 is 195 Å². The number of hydrogen-bond acceptors (Lipinski definition) is 24. The molecule has 13 atom stereocenters. The number of halogens is 2. The van der Waals surface area contributed by atoms with E-state index >= 15 is 24.0 Å². The Hall–Kier alpha value is -11.2. The number of aromatic hydroxyl groups is 5. The number of carbonyl (C=O) groups excluding carboxylic acids is 8. The molecule has 0 aromatic heterocycles. The summed E-state index contributed by atoms with van der Waals surface area (Å²) >= 11 is 14.2. The van der Waals surface area contributed by atoms with Gasteiger partial charge >= 0.3 is 0 Å². The summed E-state index contributed by atoms with van der Waals surface area (Å²) in [7, 11) is 5.06. The Kier molecular flexibility index (Phi) is 26.1. The van der Waals surface area contributed by atoms with E-state index in [4.69, 9.17) is 46.9 Å². The Labute approximate surface area is 669 Å². The molecule has 0 radical (unpaired) electrons. The number of fused-ring (bicyclic) bond motifs is 14. The van der Waals surface area contributed by atoms with Crippen LogP contribution in [0.2, 0.25) is 10.0 Å². The number of unbranched alkanes of at least 4 members (excludes halogenated alkanes) is 4. The van der Waals surface area contributed by atoms with Crippen molar-refractivity contribution in [2.75, 3.05) is 40.8 Å². The highest BCUT2D eigenvalue weighted by Crippen LogP contribution is 2.50. The third-order valence-corrected chi connectivity index (χ3v) is 21.2. The maximum absolute atomic E-state index is 16.5. The van der Waals surface area contributed by atoms with E-state index in [1.165, 1.54) is 61.6 Å². The minimum absolute atomic E-state index is 0.0135. The SMILES string of the molecule is CN[C@@H]1C(=O)N[C@@H]2Cc3ccc(cc3)Oc3cc4cc(c3O[C@@H]3O[C@H](CO)[C@@H](O)[C@H](O)[C@H]3NC(=O)CCCCCCCC(C)C)Oc3ccc(cc3Cl)[C@@H](O)[C@@H]3NC(=O)[C@H](NC(=O)[C@@H]4NC(=O)[C@@H](NC2=O)c2cc(cc(O)c2Cl)Oc2cc1ccc2O)c1ccc(O)c(c1)-c1c(O)cc(O)cc1[C@@H](C(=O)NCCCN(C)C)NC3=O. The van der Waals surface area contributed by atoms with Gasteiger partial charge in [0.25, 0.3) is 0 Å². The summed E-state index contributed by atoms with van der Waals surface area (Å²) < 4.78 is 32.8. The first kappa shape index (κ1) is 83.2. The number of nitrogens with zero attached hydrogens (tertiary/aromatic N) is 1. The Morgan fingerprint density at radius 3 is 1.96 bits per heavy atom. The number of aliphatic hydroxyl groups excluding tert-OH is 4. The fraction of sp³-hybridized carbons (Fsp3) is 0.383. The molecule has 17 bridgehead atoms. The number of ether oxygens (including phenoxy) is 5. The molecule has 34 heteroatoms. The fourth-order valence-electron chi connectivity index (χ4n) is 14.4. The van der Waals surface area contributed by atoms with Crippen LogP contribution in [0.4, 0.5) is 0 Å². The van der Waals surface area contributed by atoms with Crippen LogP contribution in [0.25, 0.3) is 11.1 Å². The first-order valence-corrected chi connectivity index (χ1v) is 38.2. The van der Waals surface area contributed by atoms with Gasteiger partial charge in [-0.05, 0) is 153 Å². The Morgan fingerprint density at radius 1 is 0.591 bits per heavy atom. The molecule has 7 aromatic carbocycles. The second-order valence-corrected chi connectivity index (χ2v) is 30.3. The van der Waals surface area contributed by atoms with Crippen molar-refractivity contribution in [1.82, 2.24) is 52.8 Å². The highest BCUT2D eigenvalue weighted by Gasteiger charge is 2.48. The molecule has 7 aliphatic heterocycles. The molecule has 0 spiro atoms. The molecule has 14 rings (SSSR count). The number of likely N-dealkylation sites (N-methyl/N-ethyl adjacent to an activating group) is 1. The molecule has 8 amide bonds. The van der Waals surface area contributed by atoms with E-state index in [-0.39, 0.29) is 80.8 Å². The van der Waals surface area contributed by atoms with Gasteiger partial charge in [-0.1, -0.05) is 99.5 Å². The number of rotatable bonds is 18. The Balaban J connectivity index is 1.08. The van der Waals surface area contributed by atoms with E-state index in [2.05, 4.69) is 61.7 Å². The van der Waals surface area contributed by atoms with Crippen molar-refractivity contribution < 1.29 is 108 Å². The molecule has 1 fully saturated rings. The van der Waals surface area contributed by atoms with Gasteiger partial charge < -0.3 is 122 Å². The zero-order valence-electron chi connectivity index (χ0n) is 63.1. The summed E-state index contributed by atoms with van der Waals surface area (Å²) in [5.74, 6) is -14.0. The van der Waals surface area contributed by atoms with Crippen molar-refractivity contribution in [3.8, 4) is 80.1 Å². The van der Waals surface area contributed by atoms with E-state index in [9.17, 15) is 60.3 Å². The van der Waals surface area contributed by atoms with Crippen LogP contribution < -0.4 is 66.8 Å². The van der Waals surface area contributed by atoms with Crippen LogP contribution in [-0.4, -0.2) is 182 Å². The standard InChI is InChI=1S/C81H90Cl2N10O22/c1-37(2)12-9-7-6-8-10-13-60(100)87-69-72(103)71(102)59(36-94)114-81(69)115-73-57-30-42-31-58(73)113-55-23-18-41(28-49(55)82)70(101)68-80(110)91-66(75(105)85-24-11-25-93(4)5)47-32-43(95)33-53(98)61(47)46-27-39(16-21-51(46)96)64(77(107)92-68)88-78(108)65(42)89-79(109)67-48-34-45(35-54(99)62(48)83)112-56-29-40(17-22-52(56)97)63(84-3)76(106)86-50(74(104)90-67)26-38-14-19-44(111-57)20-15-38/h14-23,27-35,37,50,59,63-72,81,84,94-99,101-103H,6-13,24-26,36H2,1-5H3,(H,85,105)(H,86,106)(H,87,100)(H,88,108)(H,89,109)(H,90,104)(H,91,110)(H,92,107)/t50-,59-,63+,64-,65-,66+,67+,68+,69-,70-,71-,72-,81+/m1/s1. The minimum Gasteiger partial charge on any atom is -0.508 e. The van der Waals surface area contributed by atoms with Gasteiger partial charge in [0, 0.05) is 48.2 Å². The van der Waals surface area contributed by atoms with Crippen LogP contribution in [-0.2, 0) is 49.5 Å². The molecule has 7 heterocycles. The monoisotopic (exact) mass is 1620 g/mol. The number of hydrogen-bond donors (Lipinski definition) is 18. The number of benzene rings is 7. The van der Waals surface area contributed by atoms with Gasteiger partial charge in [0.05, 0.1) is 16.7 Å². The second kappa shape index (κ2) is 36.1. The van der Waals surface area contributed by atoms with E-state index in [1.807, 2.05) is 4.90 Å². The average Bonchev–Trinajstić information content (AvgIpc) is 0.772. The van der Waals surface area contributed by atoms with Crippen molar-refractivity contribution >= 4 is 70.5 Å².